The topological polar surface area (TPSA) is 192 Å². The summed E-state index contributed by atoms with van der Waals surface area (Å²) >= 11 is 0. The molecule has 6 N–H and O–H groups in total. The summed E-state index contributed by atoms with van der Waals surface area (Å²) in [6, 6.07) is -0.859. The van der Waals surface area contributed by atoms with Crippen molar-refractivity contribution in [1.82, 2.24) is 5.32 Å². The first-order valence-electron chi connectivity index (χ1n) is 29.1. The number of hydrogen-bond donors (Lipinski definition) is 6. The lowest BCUT2D eigenvalue weighted by Gasteiger charge is -2.41. The van der Waals surface area contributed by atoms with E-state index in [1.54, 1.807) is 0 Å². The molecule has 0 bridgehead atoms. The monoisotopic (exact) mass is 1000 g/mol. The van der Waals surface area contributed by atoms with E-state index in [-0.39, 0.29) is 18.9 Å². The lowest BCUT2D eigenvalue weighted by molar-refractivity contribution is -0.298. The van der Waals surface area contributed by atoms with Gasteiger partial charge in [-0.1, -0.05) is 251 Å². The minimum absolute atomic E-state index is 0.230. The predicted molar refractivity (Wildman–Crippen MR) is 282 cm³/mol. The Morgan fingerprint density at radius 1 is 0.565 bits per heavy atom. The summed E-state index contributed by atoms with van der Waals surface area (Å²) < 4.78 is 47.9. The van der Waals surface area contributed by atoms with Crippen molar-refractivity contribution in [2.45, 2.75) is 326 Å². The zero-order valence-corrected chi connectivity index (χ0v) is 45.2. The maximum Gasteiger partial charge on any atom is 0.397 e. The number of unbranched alkanes of at least 4 members (excludes halogenated alkanes) is 37. The molecule has 0 aromatic heterocycles. The summed E-state index contributed by atoms with van der Waals surface area (Å²) in [6.07, 6.45) is 46.4. The van der Waals surface area contributed by atoms with Crippen molar-refractivity contribution in [2.24, 2.45) is 0 Å². The zero-order chi connectivity index (χ0) is 50.5. The van der Waals surface area contributed by atoms with Crippen LogP contribution in [-0.4, -0.2) is 95.4 Å². The molecule has 7 atom stereocenters. The molecule has 1 aliphatic heterocycles. The van der Waals surface area contributed by atoms with Gasteiger partial charge in [0, 0.05) is 6.42 Å². The van der Waals surface area contributed by atoms with Crippen molar-refractivity contribution < 1.29 is 51.8 Å². The molecular weight excluding hydrogens is 895 g/mol. The molecular formula is C56H109NO11S. The lowest BCUT2D eigenvalue weighted by atomic mass is 9.99. The summed E-state index contributed by atoms with van der Waals surface area (Å²) in [7, 11) is -5.08. The quantitative estimate of drug-likeness (QED) is 0.0193. The van der Waals surface area contributed by atoms with Gasteiger partial charge < -0.3 is 35.2 Å². The van der Waals surface area contributed by atoms with Crippen LogP contribution in [0, 0.1) is 0 Å². The molecule has 7 unspecified atom stereocenters. The highest BCUT2D eigenvalue weighted by Crippen LogP contribution is 2.26. The normalized spacial score (nSPS) is 19.7. The molecule has 0 aromatic carbocycles. The summed E-state index contributed by atoms with van der Waals surface area (Å²) in [5.74, 6) is -0.230. The molecule has 1 heterocycles. The number of rotatable bonds is 51. The Labute approximate surface area is 423 Å². The molecule has 69 heavy (non-hydrogen) atoms. The first-order valence-corrected chi connectivity index (χ1v) is 30.4. The molecule has 1 saturated heterocycles. The van der Waals surface area contributed by atoms with Crippen LogP contribution < -0.4 is 5.32 Å². The Bertz CT molecular complexity index is 1270. The van der Waals surface area contributed by atoms with E-state index in [0.717, 1.165) is 51.4 Å². The maximum atomic E-state index is 13.1. The van der Waals surface area contributed by atoms with Crippen LogP contribution in [0.1, 0.15) is 284 Å². The van der Waals surface area contributed by atoms with E-state index in [0.29, 0.717) is 12.8 Å². The van der Waals surface area contributed by atoms with E-state index in [4.69, 9.17) is 9.47 Å². The molecule has 1 amide bonds. The smallest absolute Gasteiger partial charge is 0.394 e. The molecule has 1 aliphatic rings. The van der Waals surface area contributed by atoms with Crippen LogP contribution >= 0.6 is 0 Å². The highest BCUT2D eigenvalue weighted by atomic mass is 32.3. The van der Waals surface area contributed by atoms with E-state index in [1.807, 2.05) is 0 Å². The van der Waals surface area contributed by atoms with Gasteiger partial charge in [-0.2, -0.15) is 8.42 Å². The summed E-state index contributed by atoms with van der Waals surface area (Å²) in [5.41, 5.74) is 0. The fourth-order valence-corrected chi connectivity index (χ4v) is 10.1. The van der Waals surface area contributed by atoms with Crippen molar-refractivity contribution in [3.63, 3.8) is 0 Å². The minimum atomic E-state index is -5.08. The van der Waals surface area contributed by atoms with Crippen LogP contribution in [0.3, 0.4) is 0 Å². The number of aliphatic hydroxyl groups is 4. The van der Waals surface area contributed by atoms with Gasteiger partial charge in [-0.05, 0) is 38.5 Å². The van der Waals surface area contributed by atoms with Crippen LogP contribution in [0.4, 0.5) is 0 Å². The molecule has 410 valence electrons. The molecule has 0 aliphatic carbocycles. The third-order valence-electron chi connectivity index (χ3n) is 14.1. The molecule has 12 nitrogen and oxygen atoms in total. The first-order chi connectivity index (χ1) is 33.5. The number of hydrogen-bond acceptors (Lipinski definition) is 10. The Hall–Kier alpha value is -1.16. The Morgan fingerprint density at radius 2 is 0.928 bits per heavy atom. The maximum absolute atomic E-state index is 13.1. The highest BCUT2D eigenvalue weighted by molar-refractivity contribution is 7.80. The molecule has 1 rings (SSSR count). The average molecular weight is 1000 g/mol. The van der Waals surface area contributed by atoms with Crippen LogP contribution in [0.5, 0.6) is 0 Å². The Balaban J connectivity index is 2.35. The molecule has 1 fully saturated rings. The van der Waals surface area contributed by atoms with Gasteiger partial charge in [0.2, 0.25) is 5.91 Å². The number of carbonyl (C=O) groups is 1. The van der Waals surface area contributed by atoms with Crippen molar-refractivity contribution in [2.75, 3.05) is 13.2 Å². The Morgan fingerprint density at radius 3 is 1.30 bits per heavy atom. The third-order valence-corrected chi connectivity index (χ3v) is 14.5. The predicted octanol–water partition coefficient (Wildman–Crippen LogP) is 13.5. The second kappa shape index (κ2) is 46.6. The molecule has 0 spiro atoms. The minimum Gasteiger partial charge on any atom is -0.394 e. The van der Waals surface area contributed by atoms with Crippen LogP contribution in [0.15, 0.2) is 12.2 Å². The highest BCUT2D eigenvalue weighted by Gasteiger charge is 2.48. The van der Waals surface area contributed by atoms with E-state index in [2.05, 4.69) is 35.5 Å². The van der Waals surface area contributed by atoms with Gasteiger partial charge in [0.05, 0.1) is 25.4 Å². The van der Waals surface area contributed by atoms with Gasteiger partial charge in [-0.25, -0.2) is 4.18 Å². The average Bonchev–Trinajstić information content (AvgIpc) is 3.32. The van der Waals surface area contributed by atoms with Gasteiger partial charge in [0.1, 0.15) is 24.4 Å². The SMILES string of the molecule is CCCCCCCCCC/C=C\CCCCCCCCCC(=O)NC(COC1OC(CO)C(O)C(OS(=O)(=O)O)C1O)C(O)CCCCCCCCCCCCCCCCCCCCCCCCC. The lowest BCUT2D eigenvalue weighted by Crippen LogP contribution is -2.61. The van der Waals surface area contributed by atoms with E-state index in [9.17, 15) is 38.2 Å². The van der Waals surface area contributed by atoms with E-state index in [1.165, 1.54) is 199 Å². The fourth-order valence-electron chi connectivity index (χ4n) is 9.57. The summed E-state index contributed by atoms with van der Waals surface area (Å²) in [6.45, 7) is 3.49. The number of allylic oxidation sites excluding steroid dienone is 2. The van der Waals surface area contributed by atoms with Crippen molar-refractivity contribution in [3.05, 3.63) is 12.2 Å². The van der Waals surface area contributed by atoms with Crippen LogP contribution in [0.25, 0.3) is 0 Å². The van der Waals surface area contributed by atoms with Gasteiger partial charge in [0.25, 0.3) is 0 Å². The second-order valence-corrected chi connectivity index (χ2v) is 21.6. The Kier molecular flexibility index (Phi) is 44.5. The number of nitrogens with one attached hydrogen (secondary N) is 1. The zero-order valence-electron chi connectivity index (χ0n) is 44.4. The van der Waals surface area contributed by atoms with Crippen LogP contribution in [0.2, 0.25) is 0 Å². The molecule has 0 aromatic rings. The number of carbonyl (C=O) groups excluding carboxylic acids is 1. The van der Waals surface area contributed by atoms with Crippen LogP contribution in [-0.2, 0) is 28.9 Å². The molecule has 13 heteroatoms. The standard InChI is InChI=1S/C56H109NO11S/c1-3-5-7-9-11-13-15-17-19-21-23-24-25-26-28-29-31-33-35-37-39-41-43-45-50(59)49(48-66-56-54(62)55(68-69(63,64)65)53(61)51(47-58)67-56)57-52(60)46-44-42-40-38-36-34-32-30-27-22-20-18-16-14-12-10-8-6-4-2/h22,27,49-51,53-56,58-59,61-62H,3-21,23-26,28-48H2,1-2H3,(H,57,60)(H,63,64,65)/b27-22-. The molecule has 0 saturated carbocycles. The van der Waals surface area contributed by atoms with Crippen molar-refractivity contribution in [1.29, 1.82) is 0 Å². The van der Waals surface area contributed by atoms with Gasteiger partial charge in [0.15, 0.2) is 6.29 Å². The summed E-state index contributed by atoms with van der Waals surface area (Å²) in [5, 5.41) is 45.1. The first kappa shape index (κ1) is 65.9. The summed E-state index contributed by atoms with van der Waals surface area (Å²) in [4.78, 5) is 13.1. The third kappa shape index (κ3) is 39.0. The molecule has 0 radical (unpaired) electrons. The second-order valence-electron chi connectivity index (χ2n) is 20.6. The van der Waals surface area contributed by atoms with E-state index >= 15 is 0 Å². The largest absolute Gasteiger partial charge is 0.397 e. The van der Waals surface area contributed by atoms with Gasteiger partial charge >= 0.3 is 10.4 Å². The van der Waals surface area contributed by atoms with Gasteiger partial charge in [-0.15, -0.1) is 0 Å². The van der Waals surface area contributed by atoms with Crippen molar-refractivity contribution >= 4 is 16.3 Å². The number of aliphatic hydroxyl groups excluding tert-OH is 4. The van der Waals surface area contributed by atoms with Crippen molar-refractivity contribution in [3.8, 4) is 0 Å². The number of ether oxygens (including phenoxy) is 2. The van der Waals surface area contributed by atoms with Gasteiger partial charge in [-0.3, -0.25) is 9.35 Å². The fraction of sp³-hybridized carbons (Fsp3) is 0.946. The van der Waals surface area contributed by atoms with E-state index < -0.39 is 59.9 Å². The number of amides is 1.